The van der Waals surface area contributed by atoms with Crippen LogP contribution in [0.3, 0.4) is 0 Å². The smallest absolute Gasteiger partial charge is 0.343 e. The number of ether oxygens (including phenoxy) is 1. The van der Waals surface area contributed by atoms with Gasteiger partial charge in [-0.2, -0.15) is 4.99 Å². The number of rotatable bonds is 3. The molecule has 0 aromatic rings. The summed E-state index contributed by atoms with van der Waals surface area (Å²) in [5, 5.41) is 2.72. The van der Waals surface area contributed by atoms with Crippen molar-refractivity contribution in [3.05, 3.63) is 0 Å². The van der Waals surface area contributed by atoms with Crippen LogP contribution in [0.2, 0.25) is 0 Å². The molecule has 0 radical (unpaired) electrons. The Bertz CT molecular complexity index is 250. The van der Waals surface area contributed by atoms with E-state index in [1.54, 1.807) is 7.11 Å². The summed E-state index contributed by atoms with van der Waals surface area (Å²) < 4.78 is 5.03. The Kier molecular flexibility index (Phi) is 2.56. The van der Waals surface area contributed by atoms with Gasteiger partial charge < -0.3 is 15.8 Å². The van der Waals surface area contributed by atoms with Crippen LogP contribution in [0.5, 0.6) is 0 Å². The maximum atomic E-state index is 11.0. The Hall–Kier alpha value is -1.10. The summed E-state index contributed by atoms with van der Waals surface area (Å²) in [4.78, 5) is 14.7. The highest BCUT2D eigenvalue weighted by Gasteiger charge is 2.44. The van der Waals surface area contributed by atoms with Crippen LogP contribution in [0.25, 0.3) is 0 Å². The molecule has 0 aromatic carbocycles. The van der Waals surface area contributed by atoms with Gasteiger partial charge >= 0.3 is 6.03 Å². The number of urea groups is 1. The zero-order valence-electron chi connectivity index (χ0n) is 8.13. The average Bonchev–Trinajstić information content (AvgIpc) is 2.28. The third kappa shape index (κ3) is 1.51. The molecule has 13 heavy (non-hydrogen) atoms. The molecule has 0 bridgehead atoms. The minimum absolute atomic E-state index is 0.155. The second kappa shape index (κ2) is 3.33. The van der Waals surface area contributed by atoms with Crippen LogP contribution in [0, 0.1) is 5.92 Å². The van der Waals surface area contributed by atoms with Crippen molar-refractivity contribution in [3.63, 3.8) is 0 Å². The summed E-state index contributed by atoms with van der Waals surface area (Å²) in [6.07, 6.45) is 0. The van der Waals surface area contributed by atoms with Crippen molar-refractivity contribution in [1.82, 2.24) is 5.32 Å². The summed E-state index contributed by atoms with van der Waals surface area (Å²) >= 11 is 0. The Morgan fingerprint density at radius 3 is 2.62 bits per heavy atom. The minimum Gasteiger partial charge on any atom is -0.385 e. The van der Waals surface area contributed by atoms with Gasteiger partial charge in [-0.3, -0.25) is 0 Å². The Morgan fingerprint density at radius 1 is 1.69 bits per heavy atom. The van der Waals surface area contributed by atoms with Crippen LogP contribution in [0.1, 0.15) is 13.8 Å². The molecule has 0 spiro atoms. The molecule has 0 fully saturated rings. The van der Waals surface area contributed by atoms with Gasteiger partial charge in [0.2, 0.25) is 0 Å². The molecule has 1 atom stereocenters. The molecule has 5 nitrogen and oxygen atoms in total. The Balaban J connectivity index is 2.93. The second-order valence-corrected chi connectivity index (χ2v) is 3.49. The normalized spacial score (nSPS) is 27.7. The van der Waals surface area contributed by atoms with E-state index in [0.29, 0.717) is 12.4 Å². The predicted molar refractivity (Wildman–Crippen MR) is 49.6 cm³/mol. The predicted octanol–water partition coefficient (Wildman–Crippen LogP) is 0.108. The van der Waals surface area contributed by atoms with Crippen LogP contribution >= 0.6 is 0 Å². The zero-order chi connectivity index (χ0) is 10.1. The summed E-state index contributed by atoms with van der Waals surface area (Å²) in [7, 11) is 1.57. The molecule has 1 rings (SSSR count). The lowest BCUT2D eigenvalue weighted by Crippen LogP contribution is -2.58. The summed E-state index contributed by atoms with van der Waals surface area (Å²) in [6.45, 7) is 4.28. The van der Waals surface area contributed by atoms with Crippen LogP contribution in [-0.4, -0.2) is 31.1 Å². The molecule has 3 N–H and O–H groups in total. The molecule has 0 aliphatic carbocycles. The maximum Gasteiger partial charge on any atom is 0.343 e. The largest absolute Gasteiger partial charge is 0.385 e. The van der Waals surface area contributed by atoms with E-state index < -0.39 is 5.54 Å². The monoisotopic (exact) mass is 185 g/mol. The topological polar surface area (TPSA) is 76.7 Å². The Labute approximate surface area is 77.3 Å². The summed E-state index contributed by atoms with van der Waals surface area (Å²) in [5.74, 6) is 0.469. The van der Waals surface area contributed by atoms with Gasteiger partial charge in [-0.25, -0.2) is 4.79 Å². The van der Waals surface area contributed by atoms with Gasteiger partial charge in [0.15, 0.2) is 0 Å². The number of carbonyl (C=O) groups excluding carboxylic acids is 1. The third-order valence-corrected chi connectivity index (χ3v) is 2.37. The molecule has 0 saturated heterocycles. The molecule has 74 valence electrons. The van der Waals surface area contributed by atoms with Crippen molar-refractivity contribution in [2.24, 2.45) is 16.6 Å². The first kappa shape index (κ1) is 9.98. The molecule has 0 aromatic heterocycles. The zero-order valence-corrected chi connectivity index (χ0v) is 8.13. The number of nitrogens with zero attached hydrogens (tertiary/aromatic N) is 1. The third-order valence-electron chi connectivity index (χ3n) is 2.37. The highest BCUT2D eigenvalue weighted by Crippen LogP contribution is 2.21. The summed E-state index contributed by atoms with van der Waals surface area (Å²) in [5.41, 5.74) is 5.06. The van der Waals surface area contributed by atoms with Crippen LogP contribution in [0.15, 0.2) is 4.99 Å². The highest BCUT2D eigenvalue weighted by atomic mass is 16.5. The van der Waals surface area contributed by atoms with E-state index in [4.69, 9.17) is 10.5 Å². The first-order valence-corrected chi connectivity index (χ1v) is 4.18. The van der Waals surface area contributed by atoms with E-state index in [0.717, 1.165) is 0 Å². The fraction of sp³-hybridized carbons (Fsp3) is 0.750. The Morgan fingerprint density at radius 2 is 2.31 bits per heavy atom. The van der Waals surface area contributed by atoms with Crippen molar-refractivity contribution in [2.45, 2.75) is 19.4 Å². The van der Waals surface area contributed by atoms with Crippen molar-refractivity contribution in [1.29, 1.82) is 0 Å². The van der Waals surface area contributed by atoms with Crippen molar-refractivity contribution in [3.8, 4) is 0 Å². The number of amidine groups is 1. The molecular weight excluding hydrogens is 170 g/mol. The molecule has 1 aliphatic heterocycles. The standard InChI is InChI=1S/C8H15N3O2/c1-5(2)8(4-13-3)6(9)10-7(12)11-8/h5H,4H2,1-3H3,(H3,9,10,11,12). The van der Waals surface area contributed by atoms with E-state index in [-0.39, 0.29) is 11.9 Å². The van der Waals surface area contributed by atoms with Gasteiger partial charge in [-0.05, 0) is 5.92 Å². The number of methoxy groups -OCH3 is 1. The number of hydrogen-bond acceptors (Lipinski definition) is 3. The van der Waals surface area contributed by atoms with Gasteiger partial charge in [0, 0.05) is 7.11 Å². The average molecular weight is 185 g/mol. The van der Waals surface area contributed by atoms with Crippen LogP contribution < -0.4 is 11.1 Å². The molecular formula is C8H15N3O2. The fourth-order valence-electron chi connectivity index (χ4n) is 1.44. The van der Waals surface area contributed by atoms with E-state index >= 15 is 0 Å². The maximum absolute atomic E-state index is 11.0. The lowest BCUT2D eigenvalue weighted by atomic mass is 9.87. The van der Waals surface area contributed by atoms with Crippen molar-refractivity contribution >= 4 is 11.9 Å². The second-order valence-electron chi connectivity index (χ2n) is 3.49. The summed E-state index contributed by atoms with van der Waals surface area (Å²) in [6, 6.07) is -0.386. The van der Waals surface area contributed by atoms with E-state index in [9.17, 15) is 4.79 Å². The van der Waals surface area contributed by atoms with E-state index in [1.165, 1.54) is 0 Å². The number of amides is 2. The number of aliphatic imine (C=N–C) groups is 1. The molecule has 1 heterocycles. The first-order valence-electron chi connectivity index (χ1n) is 4.18. The van der Waals surface area contributed by atoms with E-state index in [1.807, 2.05) is 13.8 Å². The molecule has 5 heteroatoms. The number of nitrogens with two attached hydrogens (primary N) is 1. The lowest BCUT2D eigenvalue weighted by Gasteiger charge is -2.32. The molecule has 2 amide bonds. The quantitative estimate of drug-likeness (QED) is 0.655. The van der Waals surface area contributed by atoms with Gasteiger partial charge in [-0.1, -0.05) is 13.8 Å². The van der Waals surface area contributed by atoms with Gasteiger partial charge in [0.25, 0.3) is 0 Å². The van der Waals surface area contributed by atoms with Gasteiger partial charge in [0.1, 0.15) is 11.4 Å². The fourth-order valence-corrected chi connectivity index (χ4v) is 1.44. The number of nitrogens with one attached hydrogen (secondary N) is 1. The van der Waals surface area contributed by atoms with Crippen molar-refractivity contribution < 1.29 is 9.53 Å². The lowest BCUT2D eigenvalue weighted by molar-refractivity contribution is 0.126. The number of hydrogen-bond donors (Lipinski definition) is 2. The van der Waals surface area contributed by atoms with E-state index in [2.05, 4.69) is 10.3 Å². The van der Waals surface area contributed by atoms with Gasteiger partial charge in [0.05, 0.1) is 6.61 Å². The van der Waals surface area contributed by atoms with Crippen LogP contribution in [0.4, 0.5) is 4.79 Å². The molecule has 0 saturated carbocycles. The molecule has 1 aliphatic rings. The first-order chi connectivity index (χ1) is 6.03. The SMILES string of the molecule is COCC1(C(C)C)NC(=O)N=C1N. The number of carbonyl (C=O) groups is 1. The van der Waals surface area contributed by atoms with Gasteiger partial charge in [-0.15, -0.1) is 0 Å². The van der Waals surface area contributed by atoms with Crippen molar-refractivity contribution in [2.75, 3.05) is 13.7 Å². The highest BCUT2D eigenvalue weighted by molar-refractivity contribution is 6.06. The molecule has 1 unspecified atom stereocenters. The minimum atomic E-state index is -0.619. The van der Waals surface area contributed by atoms with Crippen LogP contribution in [-0.2, 0) is 4.74 Å².